The first-order chi connectivity index (χ1) is 13.1. The van der Waals surface area contributed by atoms with Gasteiger partial charge in [-0.2, -0.15) is 0 Å². The molecule has 156 valence electrons. The Bertz CT molecular complexity index is 1000. The normalized spacial score (nSPS) is 12.6. The van der Waals surface area contributed by atoms with Gasteiger partial charge in [0.25, 0.3) is 0 Å². The molecule has 7 heteroatoms. The fraction of sp³-hybridized carbons (Fsp3) is 0.364. The summed E-state index contributed by atoms with van der Waals surface area (Å²) < 4.78 is 27.0. The maximum atomic E-state index is 13.5. The number of carboxylic acid groups (broad SMARTS) is 2. The molecule has 2 aromatic rings. The number of hydrogen-bond acceptors (Lipinski definition) is 4. The smallest absolute Gasteiger partial charge is 0.337 e. The third-order valence-corrected chi connectivity index (χ3v) is 6.57. The van der Waals surface area contributed by atoms with Crippen LogP contribution in [0.15, 0.2) is 46.2 Å². The molecule has 2 aromatic carbocycles. The van der Waals surface area contributed by atoms with Crippen LogP contribution in [0.25, 0.3) is 0 Å². The molecule has 0 unspecified atom stereocenters. The highest BCUT2D eigenvalue weighted by Crippen LogP contribution is 2.34. The van der Waals surface area contributed by atoms with E-state index in [4.69, 9.17) is 0 Å². The monoisotopic (exact) mass is 418 g/mol. The Kier molecular flexibility index (Phi) is 5.69. The average Bonchev–Trinajstić information content (AvgIpc) is 2.58. The third-order valence-electron chi connectivity index (χ3n) is 4.74. The predicted molar refractivity (Wildman–Crippen MR) is 110 cm³/mol. The summed E-state index contributed by atoms with van der Waals surface area (Å²) >= 11 is 0. The summed E-state index contributed by atoms with van der Waals surface area (Å²) in [5.74, 6) is -2.79. The molecule has 6 nitrogen and oxygen atoms in total. The Hall–Kier alpha value is -2.67. The van der Waals surface area contributed by atoms with Gasteiger partial charge in [-0.1, -0.05) is 53.7 Å². The Balaban J connectivity index is 2.92. The van der Waals surface area contributed by atoms with Crippen LogP contribution < -0.4 is 0 Å². The van der Waals surface area contributed by atoms with Crippen molar-refractivity contribution in [1.29, 1.82) is 0 Å². The summed E-state index contributed by atoms with van der Waals surface area (Å²) in [5.41, 5.74) is -0.380. The van der Waals surface area contributed by atoms with Gasteiger partial charge in [-0.3, -0.25) is 0 Å². The van der Waals surface area contributed by atoms with Crippen molar-refractivity contribution in [3.05, 3.63) is 58.7 Å². The van der Waals surface area contributed by atoms with Crippen LogP contribution in [-0.4, -0.2) is 30.6 Å². The van der Waals surface area contributed by atoms with Crippen LogP contribution in [0.4, 0.5) is 0 Å². The topological polar surface area (TPSA) is 109 Å². The summed E-state index contributed by atoms with van der Waals surface area (Å²) in [4.78, 5) is 22.6. The van der Waals surface area contributed by atoms with Crippen LogP contribution >= 0.6 is 0 Å². The summed E-state index contributed by atoms with van der Waals surface area (Å²) in [6.07, 6.45) is 0. The molecule has 0 atom stereocenters. The quantitative estimate of drug-likeness (QED) is 0.756. The Labute approximate surface area is 171 Å². The first-order valence-corrected chi connectivity index (χ1v) is 10.6. The lowest BCUT2D eigenvalue weighted by Gasteiger charge is -2.22. The maximum absolute atomic E-state index is 13.5. The fourth-order valence-electron chi connectivity index (χ4n) is 2.89. The van der Waals surface area contributed by atoms with Crippen molar-refractivity contribution < 1.29 is 28.2 Å². The number of carbonyl (C=O) groups is 2. The second-order valence-corrected chi connectivity index (χ2v) is 10.9. The van der Waals surface area contributed by atoms with E-state index in [1.54, 1.807) is 12.1 Å². The van der Waals surface area contributed by atoms with Gasteiger partial charge in [0.05, 0.1) is 20.9 Å². The largest absolute Gasteiger partial charge is 0.478 e. The molecule has 0 saturated heterocycles. The minimum atomic E-state index is -4.42. The molecular weight excluding hydrogens is 392 g/mol. The lowest BCUT2D eigenvalue weighted by molar-refractivity contribution is 0.0683. The summed E-state index contributed by atoms with van der Waals surface area (Å²) in [6, 6.07) is 8.31. The van der Waals surface area contributed by atoms with E-state index < -0.39 is 53.5 Å². The molecule has 0 bridgehead atoms. The van der Waals surface area contributed by atoms with Gasteiger partial charge < -0.3 is 10.2 Å². The third kappa shape index (κ3) is 4.50. The molecule has 0 saturated carbocycles. The molecule has 0 spiro atoms. The van der Waals surface area contributed by atoms with Crippen molar-refractivity contribution in [2.45, 2.75) is 62.2 Å². The van der Waals surface area contributed by atoms with Crippen LogP contribution in [-0.2, 0) is 20.7 Å². The van der Waals surface area contributed by atoms with Gasteiger partial charge in [0.1, 0.15) is 0 Å². The Morgan fingerprint density at radius 1 is 0.690 bits per heavy atom. The Morgan fingerprint density at radius 3 is 1.24 bits per heavy atom. The first-order valence-electron chi connectivity index (χ1n) is 9.07. The van der Waals surface area contributed by atoms with Crippen molar-refractivity contribution in [2.24, 2.45) is 0 Å². The van der Waals surface area contributed by atoms with Gasteiger partial charge in [0, 0.05) is 0 Å². The van der Waals surface area contributed by atoms with E-state index in [2.05, 4.69) is 0 Å². The van der Waals surface area contributed by atoms with Crippen molar-refractivity contribution in [2.75, 3.05) is 0 Å². The van der Waals surface area contributed by atoms with Crippen molar-refractivity contribution in [3.8, 4) is 0 Å². The van der Waals surface area contributed by atoms with E-state index >= 15 is 0 Å². The standard InChI is InChI=1S/C22H26O6S/c1-21(2,3)13-7-9-15(19(23)24)17(11-13)29(27,28)18-12-14(22(4,5)6)8-10-16(18)20(25)26/h7-12H,1-6H3,(H,23,24)(H,25,26). The molecular formula is C22H26O6S. The molecule has 2 N–H and O–H groups in total. The van der Waals surface area contributed by atoms with Gasteiger partial charge in [0.15, 0.2) is 0 Å². The van der Waals surface area contributed by atoms with Gasteiger partial charge in [-0.05, 0) is 46.2 Å². The molecule has 2 rings (SSSR count). The molecule has 0 aromatic heterocycles. The summed E-state index contributed by atoms with van der Waals surface area (Å²) in [7, 11) is -4.42. The van der Waals surface area contributed by atoms with E-state index in [1.165, 1.54) is 24.3 Å². The fourth-order valence-corrected chi connectivity index (χ4v) is 4.59. The van der Waals surface area contributed by atoms with Gasteiger partial charge in [-0.25, -0.2) is 18.0 Å². The second-order valence-electron chi connectivity index (χ2n) is 9.04. The number of rotatable bonds is 4. The molecule has 0 aliphatic carbocycles. The van der Waals surface area contributed by atoms with E-state index in [1.807, 2.05) is 41.5 Å². The minimum Gasteiger partial charge on any atom is -0.478 e. The highest BCUT2D eigenvalue weighted by atomic mass is 32.2. The first kappa shape index (κ1) is 22.6. The number of aromatic carboxylic acids is 2. The van der Waals surface area contributed by atoms with E-state index in [0.717, 1.165) is 0 Å². The molecule has 0 aliphatic heterocycles. The SMILES string of the molecule is CC(C)(C)c1ccc(C(=O)O)c(S(=O)(=O)c2cc(C(C)(C)C)ccc2C(=O)O)c1. The van der Waals surface area contributed by atoms with Crippen LogP contribution in [0.5, 0.6) is 0 Å². The molecule has 29 heavy (non-hydrogen) atoms. The van der Waals surface area contributed by atoms with E-state index in [9.17, 15) is 28.2 Å². The Morgan fingerprint density at radius 2 is 1.00 bits per heavy atom. The molecule has 0 heterocycles. The molecule has 0 amide bonds. The maximum Gasteiger partial charge on any atom is 0.337 e. The molecule has 0 aliphatic rings. The predicted octanol–water partition coefficient (Wildman–Crippen LogP) is 4.51. The van der Waals surface area contributed by atoms with Gasteiger partial charge >= 0.3 is 11.9 Å². The van der Waals surface area contributed by atoms with Crippen molar-refractivity contribution >= 4 is 21.8 Å². The lowest BCUT2D eigenvalue weighted by atomic mass is 9.86. The van der Waals surface area contributed by atoms with E-state index in [-0.39, 0.29) is 0 Å². The summed E-state index contributed by atoms with van der Waals surface area (Å²) in [6.45, 7) is 11.3. The number of benzene rings is 2. The van der Waals surface area contributed by atoms with Gasteiger partial charge in [-0.15, -0.1) is 0 Å². The van der Waals surface area contributed by atoms with Crippen LogP contribution in [0.1, 0.15) is 73.4 Å². The van der Waals surface area contributed by atoms with Gasteiger partial charge in [0.2, 0.25) is 9.84 Å². The minimum absolute atomic E-state index is 0.393. The zero-order valence-electron chi connectivity index (χ0n) is 17.4. The highest BCUT2D eigenvalue weighted by molar-refractivity contribution is 7.91. The number of sulfone groups is 1. The van der Waals surface area contributed by atoms with Crippen molar-refractivity contribution in [1.82, 2.24) is 0 Å². The second kappa shape index (κ2) is 7.30. The lowest BCUT2D eigenvalue weighted by Crippen LogP contribution is -2.19. The van der Waals surface area contributed by atoms with E-state index in [0.29, 0.717) is 11.1 Å². The zero-order valence-corrected chi connectivity index (χ0v) is 18.2. The van der Waals surface area contributed by atoms with Crippen LogP contribution in [0.3, 0.4) is 0 Å². The van der Waals surface area contributed by atoms with Crippen LogP contribution in [0, 0.1) is 0 Å². The zero-order chi connectivity index (χ0) is 22.4. The highest BCUT2D eigenvalue weighted by Gasteiger charge is 2.31. The number of hydrogen-bond donors (Lipinski definition) is 2. The van der Waals surface area contributed by atoms with Crippen LogP contribution in [0.2, 0.25) is 0 Å². The summed E-state index contributed by atoms with van der Waals surface area (Å²) in [5, 5.41) is 19.1. The molecule has 0 radical (unpaired) electrons. The average molecular weight is 419 g/mol. The molecule has 0 fully saturated rings. The number of carboxylic acids is 2. The van der Waals surface area contributed by atoms with Crippen molar-refractivity contribution in [3.63, 3.8) is 0 Å².